The molecule has 8 nitrogen and oxygen atoms in total. The predicted octanol–water partition coefficient (Wildman–Crippen LogP) is 1.62. The topological polar surface area (TPSA) is 103 Å². The molecule has 0 fully saturated rings. The normalized spacial score (nSPS) is 9.85. The monoisotopic (exact) mass is 372 g/mol. The lowest BCUT2D eigenvalue weighted by atomic mass is 10.2. The highest BCUT2D eigenvalue weighted by atomic mass is 16.6. The van der Waals surface area contributed by atoms with Gasteiger partial charge in [0, 0.05) is 18.3 Å². The van der Waals surface area contributed by atoms with E-state index < -0.39 is 18.5 Å². The van der Waals surface area contributed by atoms with Gasteiger partial charge in [-0.25, -0.2) is 4.79 Å². The van der Waals surface area contributed by atoms with Crippen LogP contribution in [0.15, 0.2) is 48.5 Å². The Kier molecular flexibility index (Phi) is 7.18. The Morgan fingerprint density at radius 3 is 2.22 bits per heavy atom. The SMILES string of the molecule is CNC(=O)c1ccc(NC(=O)COC(=O)COc2ccccc2OC)cc1. The van der Waals surface area contributed by atoms with Crippen LogP contribution in [-0.2, 0) is 14.3 Å². The first kappa shape index (κ1) is 19.8. The summed E-state index contributed by atoms with van der Waals surface area (Å²) < 4.78 is 15.3. The van der Waals surface area contributed by atoms with Crippen molar-refractivity contribution in [1.29, 1.82) is 0 Å². The van der Waals surface area contributed by atoms with Crippen LogP contribution in [0.2, 0.25) is 0 Å². The van der Waals surface area contributed by atoms with Crippen LogP contribution in [-0.4, -0.2) is 45.2 Å². The van der Waals surface area contributed by atoms with Gasteiger partial charge in [0.15, 0.2) is 24.7 Å². The molecule has 0 aromatic heterocycles. The summed E-state index contributed by atoms with van der Waals surface area (Å²) in [4.78, 5) is 35.0. The van der Waals surface area contributed by atoms with E-state index >= 15 is 0 Å². The minimum Gasteiger partial charge on any atom is -0.493 e. The molecular weight excluding hydrogens is 352 g/mol. The Balaban J connectivity index is 1.76. The quantitative estimate of drug-likeness (QED) is 0.683. The Morgan fingerprint density at radius 2 is 1.59 bits per heavy atom. The number of anilines is 1. The highest BCUT2D eigenvalue weighted by Crippen LogP contribution is 2.25. The number of para-hydroxylation sites is 2. The molecule has 0 atom stereocenters. The second-order valence-corrected chi connectivity index (χ2v) is 5.30. The van der Waals surface area contributed by atoms with Gasteiger partial charge in [0.1, 0.15) is 0 Å². The number of carbonyl (C=O) groups excluding carboxylic acids is 3. The van der Waals surface area contributed by atoms with E-state index in [9.17, 15) is 14.4 Å². The van der Waals surface area contributed by atoms with Crippen LogP contribution in [0.4, 0.5) is 5.69 Å². The summed E-state index contributed by atoms with van der Waals surface area (Å²) in [7, 11) is 3.02. The number of esters is 1. The molecule has 8 heteroatoms. The molecule has 0 aliphatic rings. The van der Waals surface area contributed by atoms with Gasteiger partial charge < -0.3 is 24.8 Å². The van der Waals surface area contributed by atoms with Crippen LogP contribution < -0.4 is 20.1 Å². The van der Waals surface area contributed by atoms with Gasteiger partial charge >= 0.3 is 5.97 Å². The second-order valence-electron chi connectivity index (χ2n) is 5.30. The molecule has 0 aliphatic carbocycles. The van der Waals surface area contributed by atoms with Crippen molar-refractivity contribution >= 4 is 23.5 Å². The van der Waals surface area contributed by atoms with E-state index in [1.54, 1.807) is 48.5 Å². The maximum atomic E-state index is 11.8. The molecule has 2 aromatic rings. The molecule has 0 saturated carbocycles. The number of ether oxygens (including phenoxy) is 3. The van der Waals surface area contributed by atoms with E-state index in [-0.39, 0.29) is 12.5 Å². The lowest BCUT2D eigenvalue weighted by Crippen LogP contribution is -2.23. The van der Waals surface area contributed by atoms with Crippen molar-refractivity contribution < 1.29 is 28.6 Å². The van der Waals surface area contributed by atoms with Crippen LogP contribution >= 0.6 is 0 Å². The van der Waals surface area contributed by atoms with Crippen LogP contribution in [0.1, 0.15) is 10.4 Å². The Hall–Kier alpha value is -3.55. The molecule has 27 heavy (non-hydrogen) atoms. The zero-order valence-corrected chi connectivity index (χ0v) is 15.0. The first-order chi connectivity index (χ1) is 13.0. The summed E-state index contributed by atoms with van der Waals surface area (Å²) >= 11 is 0. The number of amides is 2. The third-order valence-corrected chi connectivity index (χ3v) is 3.44. The van der Waals surface area contributed by atoms with Crippen molar-refractivity contribution in [2.24, 2.45) is 0 Å². The zero-order valence-electron chi connectivity index (χ0n) is 15.0. The predicted molar refractivity (Wildman–Crippen MR) is 97.9 cm³/mol. The van der Waals surface area contributed by atoms with Gasteiger partial charge in [-0.1, -0.05) is 12.1 Å². The van der Waals surface area contributed by atoms with Crippen molar-refractivity contribution in [2.75, 3.05) is 32.7 Å². The van der Waals surface area contributed by atoms with Gasteiger partial charge in [-0.05, 0) is 36.4 Å². The molecule has 0 saturated heterocycles. The summed E-state index contributed by atoms with van der Waals surface area (Å²) in [5, 5.41) is 5.07. The van der Waals surface area contributed by atoms with Crippen molar-refractivity contribution in [2.45, 2.75) is 0 Å². The molecule has 142 valence electrons. The van der Waals surface area contributed by atoms with Gasteiger partial charge in [-0.2, -0.15) is 0 Å². The number of carbonyl (C=O) groups is 3. The van der Waals surface area contributed by atoms with Crippen LogP contribution in [0, 0.1) is 0 Å². The van der Waals surface area contributed by atoms with Gasteiger partial charge in [-0.15, -0.1) is 0 Å². The lowest BCUT2D eigenvalue weighted by Gasteiger charge is -2.10. The van der Waals surface area contributed by atoms with Crippen LogP contribution in [0.5, 0.6) is 11.5 Å². The van der Waals surface area contributed by atoms with E-state index in [1.807, 2.05) is 0 Å². The molecule has 2 aromatic carbocycles. The molecular formula is C19H20N2O6. The molecule has 0 radical (unpaired) electrons. The fourth-order valence-electron chi connectivity index (χ4n) is 2.11. The third-order valence-electron chi connectivity index (χ3n) is 3.44. The smallest absolute Gasteiger partial charge is 0.344 e. The number of benzene rings is 2. The van der Waals surface area contributed by atoms with E-state index in [1.165, 1.54) is 14.2 Å². The summed E-state index contributed by atoms with van der Waals surface area (Å²) in [5.41, 5.74) is 0.949. The van der Waals surface area contributed by atoms with Crippen molar-refractivity contribution in [3.8, 4) is 11.5 Å². The van der Waals surface area contributed by atoms with Crippen molar-refractivity contribution in [1.82, 2.24) is 5.32 Å². The van der Waals surface area contributed by atoms with E-state index in [0.29, 0.717) is 22.7 Å². The van der Waals surface area contributed by atoms with Gasteiger partial charge in [0.25, 0.3) is 11.8 Å². The summed E-state index contributed by atoms with van der Waals surface area (Å²) in [6.45, 7) is -0.806. The van der Waals surface area contributed by atoms with E-state index in [4.69, 9.17) is 14.2 Å². The van der Waals surface area contributed by atoms with Crippen LogP contribution in [0.25, 0.3) is 0 Å². The summed E-state index contributed by atoms with van der Waals surface area (Å²) in [5.74, 6) is -0.530. The molecule has 0 spiro atoms. The molecule has 0 unspecified atom stereocenters. The average Bonchev–Trinajstić information content (AvgIpc) is 2.70. The van der Waals surface area contributed by atoms with Crippen molar-refractivity contribution in [3.05, 3.63) is 54.1 Å². The Morgan fingerprint density at radius 1 is 0.926 bits per heavy atom. The standard InChI is InChI=1S/C19H20N2O6/c1-20-19(24)13-7-9-14(10-8-13)21-17(22)11-27-18(23)12-26-16-6-4-3-5-15(16)25-2/h3-10H,11-12H2,1-2H3,(H,20,24)(H,21,22). The Bertz CT molecular complexity index is 804. The maximum Gasteiger partial charge on any atom is 0.344 e. The first-order valence-corrected chi connectivity index (χ1v) is 8.07. The minimum atomic E-state index is -0.689. The van der Waals surface area contributed by atoms with E-state index in [2.05, 4.69) is 10.6 Å². The van der Waals surface area contributed by atoms with Crippen LogP contribution in [0.3, 0.4) is 0 Å². The highest BCUT2D eigenvalue weighted by molar-refractivity contribution is 5.96. The fraction of sp³-hybridized carbons (Fsp3) is 0.211. The first-order valence-electron chi connectivity index (χ1n) is 8.07. The molecule has 0 bridgehead atoms. The van der Waals surface area contributed by atoms with Gasteiger partial charge in [0.2, 0.25) is 0 Å². The zero-order chi connectivity index (χ0) is 19.6. The fourth-order valence-corrected chi connectivity index (χ4v) is 2.11. The summed E-state index contributed by atoms with van der Waals surface area (Å²) in [6.07, 6.45) is 0. The maximum absolute atomic E-state index is 11.8. The molecule has 0 heterocycles. The second kappa shape index (κ2) is 9.81. The molecule has 2 amide bonds. The number of methoxy groups -OCH3 is 1. The number of hydrogen-bond donors (Lipinski definition) is 2. The third kappa shape index (κ3) is 6.03. The van der Waals surface area contributed by atoms with E-state index in [0.717, 1.165) is 0 Å². The average molecular weight is 372 g/mol. The number of rotatable bonds is 8. The minimum absolute atomic E-state index is 0.225. The lowest BCUT2D eigenvalue weighted by molar-refractivity contribution is -0.149. The number of hydrogen-bond acceptors (Lipinski definition) is 6. The molecule has 0 aliphatic heterocycles. The highest BCUT2D eigenvalue weighted by Gasteiger charge is 2.11. The number of nitrogens with one attached hydrogen (secondary N) is 2. The largest absolute Gasteiger partial charge is 0.493 e. The van der Waals surface area contributed by atoms with Gasteiger partial charge in [0.05, 0.1) is 7.11 Å². The molecule has 2 rings (SSSR count). The van der Waals surface area contributed by atoms with Gasteiger partial charge in [-0.3, -0.25) is 9.59 Å². The van der Waals surface area contributed by atoms with Crippen molar-refractivity contribution in [3.63, 3.8) is 0 Å². The summed E-state index contributed by atoms with van der Waals surface area (Å²) in [6, 6.07) is 13.2. The molecule has 2 N–H and O–H groups in total. The Labute approximate surface area is 156 Å².